The first kappa shape index (κ1) is 12.9. The SMILES string of the molecule is O=C(O)c1ccc(=O)n(-c2ccc(Br)c(Cl)c2)c1. The summed E-state index contributed by atoms with van der Waals surface area (Å²) in [6, 6.07) is 7.42. The highest BCUT2D eigenvalue weighted by Crippen LogP contribution is 2.24. The zero-order valence-corrected chi connectivity index (χ0v) is 11.3. The average Bonchev–Trinajstić information content (AvgIpc) is 2.33. The number of hydrogen-bond acceptors (Lipinski definition) is 2. The number of carboxylic acids is 1. The lowest BCUT2D eigenvalue weighted by atomic mass is 10.2. The molecule has 0 unspecified atom stereocenters. The van der Waals surface area contributed by atoms with Gasteiger partial charge >= 0.3 is 5.97 Å². The van der Waals surface area contributed by atoms with Gasteiger partial charge in [0.1, 0.15) is 0 Å². The Morgan fingerprint density at radius 3 is 2.61 bits per heavy atom. The zero-order chi connectivity index (χ0) is 13.3. The molecule has 0 saturated heterocycles. The van der Waals surface area contributed by atoms with Crippen LogP contribution in [0.1, 0.15) is 10.4 Å². The molecular weight excluding hydrogens is 321 g/mol. The molecule has 1 heterocycles. The van der Waals surface area contributed by atoms with Crippen LogP contribution in [0.5, 0.6) is 0 Å². The van der Waals surface area contributed by atoms with Gasteiger partial charge in [-0.2, -0.15) is 0 Å². The molecule has 4 nitrogen and oxygen atoms in total. The maximum Gasteiger partial charge on any atom is 0.337 e. The Labute approximate surface area is 116 Å². The summed E-state index contributed by atoms with van der Waals surface area (Å²) in [7, 11) is 0. The maximum atomic E-state index is 11.7. The van der Waals surface area contributed by atoms with Crippen LogP contribution >= 0.6 is 27.5 Å². The Morgan fingerprint density at radius 1 is 1.28 bits per heavy atom. The second-order valence-electron chi connectivity index (χ2n) is 3.53. The van der Waals surface area contributed by atoms with Crippen molar-refractivity contribution in [2.45, 2.75) is 0 Å². The van der Waals surface area contributed by atoms with Gasteiger partial charge in [0.2, 0.25) is 0 Å². The Morgan fingerprint density at radius 2 is 2.00 bits per heavy atom. The summed E-state index contributed by atoms with van der Waals surface area (Å²) < 4.78 is 1.94. The fourth-order valence-corrected chi connectivity index (χ4v) is 1.87. The number of halogens is 2. The number of carboxylic acid groups (broad SMARTS) is 1. The molecule has 1 aromatic heterocycles. The average molecular weight is 329 g/mol. The summed E-state index contributed by atoms with van der Waals surface area (Å²) in [5.41, 5.74) is 0.225. The van der Waals surface area contributed by atoms with Crippen molar-refractivity contribution in [2.75, 3.05) is 0 Å². The normalized spacial score (nSPS) is 10.3. The minimum Gasteiger partial charge on any atom is -0.478 e. The van der Waals surface area contributed by atoms with E-state index in [2.05, 4.69) is 15.9 Å². The van der Waals surface area contributed by atoms with E-state index < -0.39 is 5.97 Å². The van der Waals surface area contributed by atoms with Gasteiger partial charge in [-0.05, 0) is 40.2 Å². The number of benzene rings is 1. The number of carbonyl (C=O) groups is 1. The molecule has 0 atom stereocenters. The number of hydrogen-bond donors (Lipinski definition) is 1. The quantitative estimate of drug-likeness (QED) is 0.922. The third-order valence-corrected chi connectivity index (χ3v) is 3.57. The third kappa shape index (κ3) is 2.47. The van der Waals surface area contributed by atoms with Crippen LogP contribution in [-0.2, 0) is 0 Å². The highest BCUT2D eigenvalue weighted by molar-refractivity contribution is 9.10. The summed E-state index contributed by atoms with van der Waals surface area (Å²) in [5, 5.41) is 9.34. The van der Waals surface area contributed by atoms with Gasteiger partial charge in [-0.1, -0.05) is 11.6 Å². The summed E-state index contributed by atoms with van der Waals surface area (Å²) in [6.07, 6.45) is 1.27. The fraction of sp³-hybridized carbons (Fsp3) is 0. The lowest BCUT2D eigenvalue weighted by molar-refractivity contribution is 0.0696. The van der Waals surface area contributed by atoms with Gasteiger partial charge in [0.15, 0.2) is 0 Å². The molecule has 18 heavy (non-hydrogen) atoms. The molecule has 1 N–H and O–H groups in total. The lowest BCUT2D eigenvalue weighted by Crippen LogP contribution is -2.18. The van der Waals surface area contributed by atoms with Crippen molar-refractivity contribution in [3.05, 3.63) is 61.9 Å². The minimum atomic E-state index is -1.09. The molecule has 92 valence electrons. The molecule has 0 aliphatic carbocycles. The van der Waals surface area contributed by atoms with E-state index >= 15 is 0 Å². The van der Waals surface area contributed by atoms with Crippen LogP contribution in [-0.4, -0.2) is 15.6 Å². The van der Waals surface area contributed by atoms with E-state index in [9.17, 15) is 9.59 Å². The van der Waals surface area contributed by atoms with Crippen LogP contribution in [0.4, 0.5) is 0 Å². The predicted molar refractivity (Wildman–Crippen MR) is 71.7 cm³/mol. The summed E-state index contributed by atoms with van der Waals surface area (Å²) in [5.74, 6) is -1.09. The molecule has 0 aliphatic heterocycles. The Hall–Kier alpha value is -1.59. The van der Waals surface area contributed by atoms with E-state index in [0.29, 0.717) is 15.2 Å². The molecule has 0 fully saturated rings. The van der Waals surface area contributed by atoms with E-state index in [4.69, 9.17) is 16.7 Å². The van der Waals surface area contributed by atoms with Gasteiger partial charge in [-0.25, -0.2) is 4.79 Å². The van der Waals surface area contributed by atoms with Crippen LogP contribution in [0.2, 0.25) is 5.02 Å². The van der Waals surface area contributed by atoms with Crippen LogP contribution in [0.25, 0.3) is 5.69 Å². The number of pyridine rings is 1. The minimum absolute atomic E-state index is 0.0358. The van der Waals surface area contributed by atoms with Crippen molar-refractivity contribution in [2.24, 2.45) is 0 Å². The second kappa shape index (κ2) is 4.96. The molecule has 0 aliphatic rings. The van der Waals surface area contributed by atoms with Crippen LogP contribution in [0.15, 0.2) is 45.8 Å². The van der Waals surface area contributed by atoms with E-state index in [1.54, 1.807) is 18.2 Å². The van der Waals surface area contributed by atoms with Crippen molar-refractivity contribution in [1.29, 1.82) is 0 Å². The van der Waals surface area contributed by atoms with Gasteiger partial charge in [0.25, 0.3) is 5.56 Å². The Bertz CT molecular complexity index is 681. The fourth-order valence-electron chi connectivity index (χ4n) is 1.45. The van der Waals surface area contributed by atoms with Gasteiger partial charge in [-0.3, -0.25) is 9.36 Å². The number of aromatic carboxylic acids is 1. The molecule has 0 amide bonds. The van der Waals surface area contributed by atoms with Gasteiger partial charge in [-0.15, -0.1) is 0 Å². The van der Waals surface area contributed by atoms with Crippen molar-refractivity contribution < 1.29 is 9.90 Å². The molecule has 2 rings (SSSR count). The van der Waals surface area contributed by atoms with E-state index in [-0.39, 0.29) is 11.1 Å². The molecule has 1 aromatic carbocycles. The monoisotopic (exact) mass is 327 g/mol. The molecule has 0 saturated carbocycles. The van der Waals surface area contributed by atoms with Crippen molar-refractivity contribution in [3.8, 4) is 5.69 Å². The topological polar surface area (TPSA) is 59.3 Å². The molecule has 2 aromatic rings. The summed E-state index contributed by atoms with van der Waals surface area (Å²) in [4.78, 5) is 22.6. The molecule has 6 heteroatoms. The number of rotatable bonds is 2. The summed E-state index contributed by atoms with van der Waals surface area (Å²) >= 11 is 9.18. The van der Waals surface area contributed by atoms with Crippen molar-refractivity contribution >= 4 is 33.5 Å². The van der Waals surface area contributed by atoms with E-state index in [0.717, 1.165) is 0 Å². The summed E-state index contributed by atoms with van der Waals surface area (Å²) in [6.45, 7) is 0. The van der Waals surface area contributed by atoms with Crippen molar-refractivity contribution in [3.63, 3.8) is 0 Å². The highest BCUT2D eigenvalue weighted by Gasteiger charge is 2.07. The van der Waals surface area contributed by atoms with Crippen molar-refractivity contribution in [1.82, 2.24) is 4.57 Å². The first-order chi connectivity index (χ1) is 8.49. The number of nitrogens with zero attached hydrogens (tertiary/aromatic N) is 1. The van der Waals surface area contributed by atoms with Crippen LogP contribution < -0.4 is 5.56 Å². The second-order valence-corrected chi connectivity index (χ2v) is 4.79. The first-order valence-corrected chi connectivity index (χ1v) is 6.07. The standard InChI is InChI=1S/C12H7BrClNO3/c13-9-3-2-8(5-10(9)14)15-6-7(12(17)18)1-4-11(15)16/h1-6H,(H,17,18). The number of aromatic nitrogens is 1. The maximum absolute atomic E-state index is 11.7. The first-order valence-electron chi connectivity index (χ1n) is 4.90. The van der Waals surface area contributed by atoms with Gasteiger partial charge < -0.3 is 5.11 Å². The largest absolute Gasteiger partial charge is 0.478 e. The van der Waals surface area contributed by atoms with Gasteiger partial charge in [0.05, 0.1) is 16.3 Å². The molecule has 0 spiro atoms. The molecule has 0 bridgehead atoms. The zero-order valence-electron chi connectivity index (χ0n) is 8.93. The Kier molecular flexibility index (Phi) is 3.54. The van der Waals surface area contributed by atoms with Crippen LogP contribution in [0, 0.1) is 0 Å². The highest BCUT2D eigenvalue weighted by atomic mass is 79.9. The third-order valence-electron chi connectivity index (χ3n) is 2.34. The van der Waals surface area contributed by atoms with E-state index in [1.165, 1.54) is 22.9 Å². The van der Waals surface area contributed by atoms with Crippen LogP contribution in [0.3, 0.4) is 0 Å². The smallest absolute Gasteiger partial charge is 0.337 e. The molecule has 0 radical (unpaired) electrons. The lowest BCUT2D eigenvalue weighted by Gasteiger charge is -2.07. The van der Waals surface area contributed by atoms with Gasteiger partial charge in [0, 0.05) is 16.7 Å². The Balaban J connectivity index is 2.62. The molecular formula is C12H7BrClNO3. The predicted octanol–water partition coefficient (Wildman–Crippen LogP) is 2.95. The van der Waals surface area contributed by atoms with E-state index in [1.807, 2.05) is 0 Å².